The Morgan fingerprint density at radius 3 is 2.68 bits per heavy atom. The van der Waals surface area contributed by atoms with Crippen molar-refractivity contribution in [1.82, 2.24) is 4.90 Å². The number of likely N-dealkylation sites (tertiary alicyclic amines) is 1. The van der Waals surface area contributed by atoms with Crippen molar-refractivity contribution in [2.75, 3.05) is 32.6 Å². The van der Waals surface area contributed by atoms with E-state index in [1.165, 1.54) is 23.7 Å². The summed E-state index contributed by atoms with van der Waals surface area (Å²) in [7, 11) is 1.50. The van der Waals surface area contributed by atoms with Gasteiger partial charge in [-0.1, -0.05) is 13.8 Å². The average Bonchev–Trinajstić information content (AvgIpc) is 3.19. The molecule has 0 radical (unpaired) electrons. The largest absolute Gasteiger partial charge is 0.462 e. The Morgan fingerprint density at radius 2 is 2.12 bits per heavy atom. The number of nitrogens with zero attached hydrogens (tertiary/aromatic N) is 1. The Hall–Kier alpha value is -1.12. The molecular weight excluding hydrogens is 346 g/mol. The first-order valence-electron chi connectivity index (χ1n) is 8.58. The zero-order chi connectivity index (χ0) is 18.6. The van der Waals surface area contributed by atoms with Gasteiger partial charge in [0.2, 0.25) is 11.8 Å². The van der Waals surface area contributed by atoms with Crippen molar-refractivity contribution in [3.05, 3.63) is 0 Å². The molecule has 2 aliphatic heterocycles. The molecule has 3 atom stereocenters. The van der Waals surface area contributed by atoms with Crippen molar-refractivity contribution < 1.29 is 28.6 Å². The highest BCUT2D eigenvalue weighted by molar-refractivity contribution is 8.00. The summed E-state index contributed by atoms with van der Waals surface area (Å²) in [5.74, 6) is 0.430. The fourth-order valence-electron chi connectivity index (χ4n) is 2.87. The molecule has 0 aromatic heterocycles. The smallest absolute Gasteiger partial charge is 0.308 e. The number of ether oxygens (including phenoxy) is 3. The van der Waals surface area contributed by atoms with Gasteiger partial charge in [-0.15, -0.1) is 11.8 Å². The molecule has 2 rings (SSSR count). The van der Waals surface area contributed by atoms with Gasteiger partial charge in [-0.05, 0) is 12.8 Å². The van der Waals surface area contributed by atoms with Crippen LogP contribution in [0.5, 0.6) is 0 Å². The molecule has 25 heavy (non-hydrogen) atoms. The molecule has 0 spiro atoms. The van der Waals surface area contributed by atoms with Gasteiger partial charge in [0.05, 0.1) is 31.0 Å². The summed E-state index contributed by atoms with van der Waals surface area (Å²) in [4.78, 5) is 36.0. The predicted molar refractivity (Wildman–Crippen MR) is 93.2 cm³/mol. The molecule has 0 N–H and O–H groups in total. The van der Waals surface area contributed by atoms with Gasteiger partial charge >= 0.3 is 5.97 Å². The lowest BCUT2D eigenvalue weighted by atomic mass is 10.00. The third kappa shape index (κ3) is 5.43. The standard InChI is InChI=1S/C17H27NO6S/c1-11(2)15-17(3,24-15)10-23-14(20)5-6-22-7-8-25-12-9-13(19)18(4)16(12)21/h11-12,15H,5-10H2,1-4H3/t12?,15-,17-/m0/s1. The third-order valence-electron chi connectivity index (χ3n) is 4.40. The highest BCUT2D eigenvalue weighted by Crippen LogP contribution is 2.41. The van der Waals surface area contributed by atoms with Crippen LogP contribution in [-0.2, 0) is 28.6 Å². The van der Waals surface area contributed by atoms with E-state index in [1.54, 1.807) is 0 Å². The summed E-state index contributed by atoms with van der Waals surface area (Å²) in [6.07, 6.45) is 0.596. The number of imide groups is 1. The SMILES string of the molecule is CC(C)[C@@H]1O[C@@]1(C)COC(=O)CCOCCSC1CC(=O)N(C)C1=O. The number of hydrogen-bond donors (Lipinski definition) is 0. The highest BCUT2D eigenvalue weighted by Gasteiger charge is 2.54. The van der Waals surface area contributed by atoms with Crippen molar-refractivity contribution in [2.45, 2.75) is 50.6 Å². The van der Waals surface area contributed by atoms with Crippen molar-refractivity contribution in [3.8, 4) is 0 Å². The van der Waals surface area contributed by atoms with E-state index < -0.39 is 0 Å². The molecule has 0 aromatic rings. The van der Waals surface area contributed by atoms with E-state index >= 15 is 0 Å². The van der Waals surface area contributed by atoms with Crippen LogP contribution < -0.4 is 0 Å². The Bertz CT molecular complexity index is 525. The Morgan fingerprint density at radius 1 is 1.40 bits per heavy atom. The first-order valence-corrected chi connectivity index (χ1v) is 9.62. The van der Waals surface area contributed by atoms with Crippen LogP contribution in [0.25, 0.3) is 0 Å². The van der Waals surface area contributed by atoms with Crippen molar-refractivity contribution in [1.29, 1.82) is 0 Å². The lowest BCUT2D eigenvalue weighted by Crippen LogP contribution is -2.26. The van der Waals surface area contributed by atoms with Gasteiger partial charge in [0.1, 0.15) is 12.2 Å². The van der Waals surface area contributed by atoms with Crippen LogP contribution >= 0.6 is 11.8 Å². The minimum atomic E-state index is -0.347. The molecule has 1 unspecified atom stereocenters. The first kappa shape index (κ1) is 20.2. The molecular formula is C17H27NO6S. The number of carbonyl (C=O) groups is 3. The minimum Gasteiger partial charge on any atom is -0.462 e. The topological polar surface area (TPSA) is 85.4 Å². The summed E-state index contributed by atoms with van der Waals surface area (Å²) >= 11 is 1.41. The zero-order valence-electron chi connectivity index (χ0n) is 15.3. The Balaban J connectivity index is 1.49. The van der Waals surface area contributed by atoms with Gasteiger partial charge in [0.25, 0.3) is 0 Å². The molecule has 2 aliphatic rings. The van der Waals surface area contributed by atoms with Crippen LogP contribution in [0.2, 0.25) is 0 Å². The number of rotatable bonds is 10. The van der Waals surface area contributed by atoms with Crippen LogP contribution in [0, 0.1) is 5.92 Å². The minimum absolute atomic E-state index is 0.140. The van der Waals surface area contributed by atoms with Crippen LogP contribution in [0.15, 0.2) is 0 Å². The predicted octanol–water partition coefficient (Wildman–Crippen LogP) is 1.24. The second kappa shape index (κ2) is 8.51. The maximum absolute atomic E-state index is 11.7. The fraction of sp³-hybridized carbons (Fsp3) is 0.824. The number of carbonyl (C=O) groups excluding carboxylic acids is 3. The lowest BCUT2D eigenvalue weighted by Gasteiger charge is -2.10. The summed E-state index contributed by atoms with van der Waals surface area (Å²) in [5.41, 5.74) is -0.347. The summed E-state index contributed by atoms with van der Waals surface area (Å²) in [6.45, 7) is 7.09. The van der Waals surface area contributed by atoms with Crippen molar-refractivity contribution in [3.63, 3.8) is 0 Å². The van der Waals surface area contributed by atoms with Gasteiger partial charge in [-0.2, -0.15) is 0 Å². The fourth-order valence-corrected chi connectivity index (χ4v) is 3.93. The van der Waals surface area contributed by atoms with Crippen molar-refractivity contribution >= 4 is 29.5 Å². The quantitative estimate of drug-likeness (QED) is 0.246. The molecule has 0 aromatic carbocycles. The normalized spacial score (nSPS) is 28.8. The van der Waals surface area contributed by atoms with Gasteiger partial charge in [-0.3, -0.25) is 19.3 Å². The molecule has 2 amide bonds. The van der Waals surface area contributed by atoms with Gasteiger partial charge in [0.15, 0.2) is 0 Å². The summed E-state index contributed by atoms with van der Waals surface area (Å²) in [6, 6.07) is 0. The molecule has 2 saturated heterocycles. The molecule has 0 saturated carbocycles. The molecule has 2 heterocycles. The molecule has 142 valence electrons. The Labute approximate surface area is 152 Å². The zero-order valence-corrected chi connectivity index (χ0v) is 16.1. The van der Waals surface area contributed by atoms with E-state index in [0.717, 1.165) is 0 Å². The average molecular weight is 373 g/mol. The maximum atomic E-state index is 11.7. The molecule has 7 nitrogen and oxygen atoms in total. The van der Waals surface area contributed by atoms with E-state index in [4.69, 9.17) is 14.2 Å². The highest BCUT2D eigenvalue weighted by atomic mass is 32.2. The third-order valence-corrected chi connectivity index (χ3v) is 5.58. The van der Waals surface area contributed by atoms with Crippen LogP contribution in [0.3, 0.4) is 0 Å². The lowest BCUT2D eigenvalue weighted by molar-refractivity contribution is -0.146. The number of esters is 1. The van der Waals surface area contributed by atoms with Crippen LogP contribution in [-0.4, -0.2) is 72.3 Å². The van der Waals surface area contributed by atoms with E-state index in [2.05, 4.69) is 13.8 Å². The van der Waals surface area contributed by atoms with E-state index in [9.17, 15) is 14.4 Å². The maximum Gasteiger partial charge on any atom is 0.308 e. The molecule has 0 bridgehead atoms. The molecule has 0 aliphatic carbocycles. The van der Waals surface area contributed by atoms with E-state index in [0.29, 0.717) is 18.3 Å². The summed E-state index contributed by atoms with van der Waals surface area (Å²) < 4.78 is 16.2. The van der Waals surface area contributed by atoms with E-state index in [-0.39, 0.29) is 60.8 Å². The van der Waals surface area contributed by atoms with Gasteiger partial charge in [-0.25, -0.2) is 0 Å². The molecule has 2 fully saturated rings. The number of epoxide rings is 1. The first-order chi connectivity index (χ1) is 11.7. The molecule has 8 heteroatoms. The van der Waals surface area contributed by atoms with Gasteiger partial charge < -0.3 is 14.2 Å². The van der Waals surface area contributed by atoms with E-state index in [1.807, 2.05) is 6.92 Å². The Kier molecular flexibility index (Phi) is 6.87. The van der Waals surface area contributed by atoms with Crippen LogP contribution in [0.1, 0.15) is 33.6 Å². The number of hydrogen-bond acceptors (Lipinski definition) is 7. The van der Waals surface area contributed by atoms with Crippen LogP contribution in [0.4, 0.5) is 0 Å². The summed E-state index contributed by atoms with van der Waals surface area (Å²) in [5, 5.41) is -0.306. The van der Waals surface area contributed by atoms with Gasteiger partial charge in [0, 0.05) is 19.2 Å². The number of amides is 2. The monoisotopic (exact) mass is 373 g/mol. The number of thioether (sulfide) groups is 1. The second-order valence-electron chi connectivity index (χ2n) is 6.97. The second-order valence-corrected chi connectivity index (χ2v) is 8.28. The van der Waals surface area contributed by atoms with Crippen molar-refractivity contribution in [2.24, 2.45) is 5.92 Å².